The second-order valence-corrected chi connectivity index (χ2v) is 5.61. The normalized spacial score (nSPS) is 25.1. The van der Waals surface area contributed by atoms with Gasteiger partial charge in [0.15, 0.2) is 0 Å². The van der Waals surface area contributed by atoms with Crippen molar-refractivity contribution < 1.29 is 14.3 Å². The Kier molecular flexibility index (Phi) is 3.82. The van der Waals surface area contributed by atoms with Crippen molar-refractivity contribution in [1.29, 1.82) is 0 Å². The first kappa shape index (κ1) is 13.9. The molecule has 1 N–H and O–H groups in total. The molecule has 21 heavy (non-hydrogen) atoms. The largest absolute Gasteiger partial charge is 0.493 e. The van der Waals surface area contributed by atoms with Gasteiger partial charge in [-0.25, -0.2) is 0 Å². The van der Waals surface area contributed by atoms with Crippen LogP contribution in [0.1, 0.15) is 31.2 Å². The molecule has 0 aliphatic carbocycles. The van der Waals surface area contributed by atoms with Gasteiger partial charge in [0.1, 0.15) is 11.8 Å². The van der Waals surface area contributed by atoms with Crippen molar-refractivity contribution in [3.8, 4) is 5.75 Å². The highest BCUT2D eigenvalue weighted by Gasteiger charge is 2.32. The van der Waals surface area contributed by atoms with E-state index in [1.807, 2.05) is 30.0 Å². The third-order valence-electron chi connectivity index (χ3n) is 4.20. The van der Waals surface area contributed by atoms with Crippen LogP contribution in [0.15, 0.2) is 24.3 Å². The van der Waals surface area contributed by atoms with E-state index in [9.17, 15) is 9.59 Å². The Hall–Kier alpha value is -2.04. The van der Waals surface area contributed by atoms with Crippen LogP contribution in [0, 0.1) is 0 Å². The number of nitrogens with zero attached hydrogens (tertiary/aromatic N) is 1. The molecule has 0 saturated carbocycles. The molecule has 1 fully saturated rings. The minimum atomic E-state index is -0.391. The third-order valence-corrected chi connectivity index (χ3v) is 4.20. The van der Waals surface area contributed by atoms with Crippen molar-refractivity contribution in [3.05, 3.63) is 29.8 Å². The van der Waals surface area contributed by atoms with Crippen LogP contribution in [0.25, 0.3) is 0 Å². The first-order valence-corrected chi connectivity index (χ1v) is 7.49. The van der Waals surface area contributed by atoms with Gasteiger partial charge in [0.25, 0.3) is 0 Å². The maximum absolute atomic E-state index is 12.5. The number of carbonyl (C=O) groups excluding carboxylic acids is 2. The molecule has 1 aromatic carbocycles. The van der Waals surface area contributed by atoms with Crippen molar-refractivity contribution in [1.82, 2.24) is 10.2 Å². The Morgan fingerprint density at radius 2 is 2.14 bits per heavy atom. The highest BCUT2D eigenvalue weighted by molar-refractivity contribution is 5.89. The van der Waals surface area contributed by atoms with Gasteiger partial charge in [-0.2, -0.15) is 0 Å². The lowest BCUT2D eigenvalue weighted by Crippen LogP contribution is -2.45. The Morgan fingerprint density at radius 3 is 2.95 bits per heavy atom. The molecule has 2 aliphatic rings. The molecular formula is C16H20N2O3. The monoisotopic (exact) mass is 288 g/mol. The van der Waals surface area contributed by atoms with Crippen LogP contribution >= 0.6 is 0 Å². The Balaban J connectivity index is 1.75. The van der Waals surface area contributed by atoms with E-state index < -0.39 is 6.04 Å². The molecule has 112 valence electrons. The molecule has 1 aromatic rings. The van der Waals surface area contributed by atoms with E-state index in [0.717, 1.165) is 11.3 Å². The summed E-state index contributed by atoms with van der Waals surface area (Å²) in [5.74, 6) is 1.08. The van der Waals surface area contributed by atoms with Crippen molar-refractivity contribution in [2.45, 2.75) is 31.7 Å². The van der Waals surface area contributed by atoms with Crippen molar-refractivity contribution in [2.75, 3.05) is 19.7 Å². The molecule has 2 amide bonds. The number of benzene rings is 1. The van der Waals surface area contributed by atoms with Gasteiger partial charge < -0.3 is 15.0 Å². The molecule has 2 atom stereocenters. The first-order valence-electron chi connectivity index (χ1n) is 7.49. The van der Waals surface area contributed by atoms with E-state index >= 15 is 0 Å². The number of hydrogen-bond donors (Lipinski definition) is 1. The summed E-state index contributed by atoms with van der Waals surface area (Å²) in [7, 11) is 0. The maximum Gasteiger partial charge on any atom is 0.245 e. The molecule has 0 aromatic heterocycles. The van der Waals surface area contributed by atoms with E-state index in [1.54, 1.807) is 0 Å². The van der Waals surface area contributed by atoms with Gasteiger partial charge in [-0.3, -0.25) is 9.59 Å². The quantitative estimate of drug-likeness (QED) is 0.912. The van der Waals surface area contributed by atoms with Gasteiger partial charge in [-0.1, -0.05) is 25.1 Å². The summed E-state index contributed by atoms with van der Waals surface area (Å²) in [6, 6.07) is 7.56. The minimum absolute atomic E-state index is 0.0210. The van der Waals surface area contributed by atoms with Crippen LogP contribution in [0.4, 0.5) is 0 Å². The van der Waals surface area contributed by atoms with E-state index in [4.69, 9.17) is 4.74 Å². The van der Waals surface area contributed by atoms with Gasteiger partial charge in [-0.05, 0) is 12.5 Å². The molecule has 3 rings (SSSR count). The number of para-hydroxylation sites is 1. The fourth-order valence-corrected chi connectivity index (χ4v) is 3.00. The summed E-state index contributed by atoms with van der Waals surface area (Å²) >= 11 is 0. The van der Waals surface area contributed by atoms with Gasteiger partial charge in [0, 0.05) is 31.0 Å². The number of nitrogens with one attached hydrogen (secondary N) is 1. The average Bonchev–Trinajstić information content (AvgIpc) is 2.85. The van der Waals surface area contributed by atoms with Crippen LogP contribution in [0.3, 0.4) is 0 Å². The molecule has 2 aliphatic heterocycles. The van der Waals surface area contributed by atoms with Crippen molar-refractivity contribution in [2.24, 2.45) is 0 Å². The Bertz CT molecular complexity index is 558. The molecule has 0 radical (unpaired) electrons. The lowest BCUT2D eigenvalue weighted by Gasteiger charge is -2.25. The summed E-state index contributed by atoms with van der Waals surface area (Å²) < 4.78 is 5.67. The number of rotatable bonds is 3. The standard InChI is InChI=1S/C16H20N2O3/c1-2-13-16(20)18(8-7-15(19)17-13)9-11-10-21-14-6-4-3-5-12(11)14/h3-6,11,13H,2,7-10H2,1H3,(H,17,19). The lowest BCUT2D eigenvalue weighted by atomic mass is 10.0. The van der Waals surface area contributed by atoms with Gasteiger partial charge in [-0.15, -0.1) is 0 Å². The lowest BCUT2D eigenvalue weighted by molar-refractivity contribution is -0.133. The SMILES string of the molecule is CCC1NC(=O)CCN(CC2COc3ccccc32)C1=O. The third kappa shape index (κ3) is 2.73. The second kappa shape index (κ2) is 5.76. The average molecular weight is 288 g/mol. The molecule has 0 bridgehead atoms. The van der Waals surface area contributed by atoms with Crippen LogP contribution in [-0.2, 0) is 9.59 Å². The fourth-order valence-electron chi connectivity index (χ4n) is 3.00. The molecular weight excluding hydrogens is 268 g/mol. The minimum Gasteiger partial charge on any atom is -0.493 e. The topological polar surface area (TPSA) is 58.6 Å². The Morgan fingerprint density at radius 1 is 1.33 bits per heavy atom. The van der Waals surface area contributed by atoms with Crippen molar-refractivity contribution >= 4 is 11.8 Å². The second-order valence-electron chi connectivity index (χ2n) is 5.61. The van der Waals surface area contributed by atoms with Crippen LogP contribution in [0.5, 0.6) is 5.75 Å². The van der Waals surface area contributed by atoms with E-state index in [-0.39, 0.29) is 17.7 Å². The number of fused-ring (bicyclic) bond motifs is 1. The zero-order valence-corrected chi connectivity index (χ0v) is 12.2. The van der Waals surface area contributed by atoms with Gasteiger partial charge in [0.05, 0.1) is 6.61 Å². The summed E-state index contributed by atoms with van der Waals surface area (Å²) in [5.41, 5.74) is 1.15. The highest BCUT2D eigenvalue weighted by atomic mass is 16.5. The first-order chi connectivity index (χ1) is 10.2. The van der Waals surface area contributed by atoms with E-state index in [1.165, 1.54) is 0 Å². The Labute approximate surface area is 124 Å². The molecule has 0 spiro atoms. The van der Waals surface area contributed by atoms with Gasteiger partial charge >= 0.3 is 0 Å². The molecule has 5 heteroatoms. The number of hydrogen-bond acceptors (Lipinski definition) is 3. The zero-order chi connectivity index (χ0) is 14.8. The fraction of sp³-hybridized carbons (Fsp3) is 0.500. The molecule has 2 unspecified atom stereocenters. The van der Waals surface area contributed by atoms with Crippen LogP contribution in [0.2, 0.25) is 0 Å². The van der Waals surface area contributed by atoms with E-state index in [0.29, 0.717) is 32.5 Å². The highest BCUT2D eigenvalue weighted by Crippen LogP contribution is 2.34. The van der Waals surface area contributed by atoms with E-state index in [2.05, 4.69) is 11.4 Å². The molecule has 1 saturated heterocycles. The number of carbonyl (C=O) groups is 2. The maximum atomic E-state index is 12.5. The smallest absolute Gasteiger partial charge is 0.245 e. The zero-order valence-electron chi connectivity index (χ0n) is 12.2. The predicted molar refractivity (Wildman–Crippen MR) is 78.1 cm³/mol. The predicted octanol–water partition coefficient (Wildman–Crippen LogP) is 1.29. The molecule has 5 nitrogen and oxygen atoms in total. The molecule has 2 heterocycles. The van der Waals surface area contributed by atoms with Gasteiger partial charge in [0.2, 0.25) is 11.8 Å². The van der Waals surface area contributed by atoms with Crippen molar-refractivity contribution in [3.63, 3.8) is 0 Å². The summed E-state index contributed by atoms with van der Waals surface area (Å²) in [6.07, 6.45) is 0.996. The summed E-state index contributed by atoms with van der Waals surface area (Å²) in [6.45, 7) is 3.61. The van der Waals surface area contributed by atoms with Crippen LogP contribution in [-0.4, -0.2) is 42.5 Å². The number of amides is 2. The van der Waals surface area contributed by atoms with Crippen LogP contribution < -0.4 is 10.1 Å². The summed E-state index contributed by atoms with van der Waals surface area (Å²) in [5, 5.41) is 2.79. The summed E-state index contributed by atoms with van der Waals surface area (Å²) in [4.78, 5) is 26.0. The number of ether oxygens (including phenoxy) is 1.